The Morgan fingerprint density at radius 1 is 1.11 bits per heavy atom. The molecule has 0 saturated carbocycles. The van der Waals surface area contributed by atoms with Crippen LogP contribution in [-0.2, 0) is 0 Å². The third kappa shape index (κ3) is 2.42. The smallest absolute Gasteiger partial charge is 0.271 e. The number of rotatable bonds is 1. The van der Waals surface area contributed by atoms with Gasteiger partial charge in [0.25, 0.3) is 0 Å². The molecule has 100 valence electrons. The van der Waals surface area contributed by atoms with Crippen molar-refractivity contribution in [2.24, 2.45) is 4.99 Å². The van der Waals surface area contributed by atoms with Crippen LogP contribution in [0.2, 0.25) is 0 Å². The molecule has 2 nitrogen and oxygen atoms in total. The Hall–Kier alpha value is -1.62. The van der Waals surface area contributed by atoms with Crippen molar-refractivity contribution in [1.29, 1.82) is 0 Å². The zero-order valence-corrected chi connectivity index (χ0v) is 10.2. The molecule has 0 saturated heterocycles. The summed E-state index contributed by atoms with van der Waals surface area (Å²) in [5.41, 5.74) is 1.42. The van der Waals surface area contributed by atoms with Crippen LogP contribution in [-0.4, -0.2) is 36.0 Å². The fourth-order valence-electron chi connectivity index (χ4n) is 2.50. The van der Waals surface area contributed by atoms with Gasteiger partial charge in [-0.2, -0.15) is 13.2 Å². The van der Waals surface area contributed by atoms with Crippen molar-refractivity contribution < 1.29 is 13.2 Å². The lowest BCUT2D eigenvalue weighted by Crippen LogP contribution is -2.38. The highest BCUT2D eigenvalue weighted by molar-refractivity contribution is 6.03. The van der Waals surface area contributed by atoms with E-state index >= 15 is 0 Å². The lowest BCUT2D eigenvalue weighted by atomic mass is 10.1. The number of hydrogen-bond donors (Lipinski definition) is 0. The quantitative estimate of drug-likeness (QED) is 0.713. The number of alkyl halides is 3. The molecule has 1 unspecified atom stereocenters. The maximum atomic E-state index is 12.7. The van der Waals surface area contributed by atoms with Gasteiger partial charge in [0.2, 0.25) is 0 Å². The van der Waals surface area contributed by atoms with Crippen LogP contribution in [0.25, 0.3) is 0 Å². The van der Waals surface area contributed by atoms with Gasteiger partial charge >= 0.3 is 6.18 Å². The Morgan fingerprint density at radius 2 is 1.84 bits per heavy atom. The molecule has 0 N–H and O–H groups in total. The van der Waals surface area contributed by atoms with Crippen LogP contribution in [0.3, 0.4) is 0 Å². The van der Waals surface area contributed by atoms with Crippen LogP contribution in [0.1, 0.15) is 12.0 Å². The van der Waals surface area contributed by atoms with Gasteiger partial charge in [-0.05, 0) is 5.56 Å². The maximum Gasteiger partial charge on any atom is 0.413 e. The number of hydrogen-bond acceptors (Lipinski definition) is 2. The van der Waals surface area contributed by atoms with Gasteiger partial charge in [0, 0.05) is 25.1 Å². The molecule has 0 radical (unpaired) electrons. The molecule has 0 aliphatic carbocycles. The molecule has 1 aromatic carbocycles. The summed E-state index contributed by atoms with van der Waals surface area (Å²) in [5.74, 6) is 0. The summed E-state index contributed by atoms with van der Waals surface area (Å²) in [6.45, 7) is 0.427. The first-order valence-corrected chi connectivity index (χ1v) is 6.16. The van der Waals surface area contributed by atoms with E-state index in [9.17, 15) is 13.2 Å². The lowest BCUT2D eigenvalue weighted by molar-refractivity contribution is -0.0977. The van der Waals surface area contributed by atoms with Crippen LogP contribution >= 0.6 is 0 Å². The van der Waals surface area contributed by atoms with Crippen molar-refractivity contribution in [3.05, 3.63) is 47.5 Å². The largest absolute Gasteiger partial charge is 0.413 e. The predicted octanol–water partition coefficient (Wildman–Crippen LogP) is 3.01. The molecule has 3 rings (SSSR count). The third-order valence-corrected chi connectivity index (χ3v) is 3.50. The highest BCUT2D eigenvalue weighted by Gasteiger charge is 2.40. The summed E-state index contributed by atoms with van der Waals surface area (Å²) in [7, 11) is 0. The van der Waals surface area contributed by atoms with Gasteiger partial charge in [0.15, 0.2) is 0 Å². The van der Waals surface area contributed by atoms with E-state index in [2.05, 4.69) is 4.99 Å². The van der Waals surface area contributed by atoms with Gasteiger partial charge in [-0.15, -0.1) is 0 Å². The maximum absolute atomic E-state index is 12.7. The van der Waals surface area contributed by atoms with Gasteiger partial charge in [-0.1, -0.05) is 36.4 Å². The molecular weight excluding hydrogens is 253 g/mol. The molecule has 1 aromatic rings. The van der Waals surface area contributed by atoms with E-state index in [1.165, 1.54) is 6.08 Å². The number of aliphatic imine (C=N–C) groups is 1. The van der Waals surface area contributed by atoms with Crippen LogP contribution < -0.4 is 0 Å². The molecule has 2 aliphatic heterocycles. The van der Waals surface area contributed by atoms with Crippen molar-refractivity contribution in [2.45, 2.75) is 18.8 Å². The van der Waals surface area contributed by atoms with Gasteiger partial charge in [0.1, 0.15) is 6.17 Å². The SMILES string of the molecule is FC(F)(F)C1=CCC2N=C(c3ccccc3)CN2C1. The minimum absolute atomic E-state index is 0.0615. The minimum atomic E-state index is -4.22. The molecule has 0 spiro atoms. The van der Waals surface area contributed by atoms with Crippen molar-refractivity contribution in [3.8, 4) is 0 Å². The monoisotopic (exact) mass is 266 g/mol. The first kappa shape index (κ1) is 12.4. The number of benzene rings is 1. The second-order valence-electron chi connectivity index (χ2n) is 4.79. The summed E-state index contributed by atoms with van der Waals surface area (Å²) in [6.07, 6.45) is -2.74. The van der Waals surface area contributed by atoms with Crippen molar-refractivity contribution >= 4 is 5.71 Å². The second-order valence-corrected chi connectivity index (χ2v) is 4.79. The summed E-state index contributed by atoms with van der Waals surface area (Å²) in [4.78, 5) is 6.31. The van der Waals surface area contributed by atoms with Crippen LogP contribution in [0.15, 0.2) is 47.0 Å². The topological polar surface area (TPSA) is 15.6 Å². The molecule has 2 aliphatic rings. The normalized spacial score (nSPS) is 23.8. The zero-order chi connectivity index (χ0) is 13.5. The van der Waals surface area contributed by atoms with E-state index in [4.69, 9.17) is 0 Å². The predicted molar refractivity (Wildman–Crippen MR) is 67.1 cm³/mol. The standard InChI is InChI=1S/C14H13F3N2/c15-14(16,17)11-6-7-13-18-12(9-19(13)8-11)10-4-2-1-3-5-10/h1-6,13H,7-9H2. The van der Waals surface area contributed by atoms with E-state index in [1.807, 2.05) is 30.3 Å². The van der Waals surface area contributed by atoms with Gasteiger partial charge < -0.3 is 0 Å². The fourth-order valence-corrected chi connectivity index (χ4v) is 2.50. The molecule has 19 heavy (non-hydrogen) atoms. The van der Waals surface area contributed by atoms with Crippen LogP contribution in [0.5, 0.6) is 0 Å². The molecule has 0 amide bonds. The Labute approximate surface area is 109 Å². The Bertz CT molecular complexity index is 531. The van der Waals surface area contributed by atoms with Crippen LogP contribution in [0, 0.1) is 0 Å². The lowest BCUT2D eigenvalue weighted by Gasteiger charge is -2.28. The second kappa shape index (κ2) is 4.49. The zero-order valence-electron chi connectivity index (χ0n) is 10.2. The van der Waals surface area contributed by atoms with E-state index in [-0.39, 0.29) is 12.7 Å². The Morgan fingerprint density at radius 3 is 2.53 bits per heavy atom. The van der Waals surface area contributed by atoms with Crippen molar-refractivity contribution in [2.75, 3.05) is 13.1 Å². The Balaban J connectivity index is 1.77. The minimum Gasteiger partial charge on any atom is -0.271 e. The first-order chi connectivity index (χ1) is 9.04. The number of halogens is 3. The average molecular weight is 266 g/mol. The van der Waals surface area contributed by atoms with Crippen molar-refractivity contribution in [3.63, 3.8) is 0 Å². The van der Waals surface area contributed by atoms with E-state index in [0.29, 0.717) is 13.0 Å². The van der Waals surface area contributed by atoms with E-state index in [0.717, 1.165) is 11.3 Å². The summed E-state index contributed by atoms with van der Waals surface area (Å²) in [6, 6.07) is 9.61. The summed E-state index contributed by atoms with van der Waals surface area (Å²) in [5, 5.41) is 0. The van der Waals surface area contributed by atoms with E-state index in [1.54, 1.807) is 4.90 Å². The summed E-state index contributed by atoms with van der Waals surface area (Å²) >= 11 is 0. The highest BCUT2D eigenvalue weighted by atomic mass is 19.4. The van der Waals surface area contributed by atoms with E-state index < -0.39 is 11.7 Å². The van der Waals surface area contributed by atoms with Crippen molar-refractivity contribution in [1.82, 2.24) is 4.90 Å². The number of fused-ring (bicyclic) bond motifs is 1. The molecular formula is C14H13F3N2. The molecule has 5 heteroatoms. The first-order valence-electron chi connectivity index (χ1n) is 6.16. The van der Waals surface area contributed by atoms with Gasteiger partial charge in [0.05, 0.1) is 5.71 Å². The Kier molecular flexibility index (Phi) is 2.93. The van der Waals surface area contributed by atoms with Crippen LogP contribution in [0.4, 0.5) is 13.2 Å². The molecule has 0 fully saturated rings. The molecule has 0 aromatic heterocycles. The third-order valence-electron chi connectivity index (χ3n) is 3.50. The fraction of sp³-hybridized carbons (Fsp3) is 0.357. The van der Waals surface area contributed by atoms with Gasteiger partial charge in [-0.25, -0.2) is 0 Å². The van der Waals surface area contributed by atoms with Gasteiger partial charge in [-0.3, -0.25) is 9.89 Å². The number of nitrogens with zero attached hydrogens (tertiary/aromatic N) is 2. The highest BCUT2D eigenvalue weighted by Crippen LogP contribution is 2.32. The summed E-state index contributed by atoms with van der Waals surface area (Å²) < 4.78 is 38.1. The molecule has 1 atom stereocenters. The average Bonchev–Trinajstić information content (AvgIpc) is 2.81. The molecule has 0 bridgehead atoms. The molecule has 2 heterocycles.